The minimum absolute atomic E-state index is 0.0124. The molecule has 0 fully saturated rings. The second kappa shape index (κ2) is 8.15. The van der Waals surface area contributed by atoms with Crippen molar-refractivity contribution in [1.82, 2.24) is 5.32 Å². The van der Waals surface area contributed by atoms with Crippen molar-refractivity contribution in [3.05, 3.63) is 108 Å². The Hall–Kier alpha value is -2.82. The number of hydrogen-bond donors (Lipinski definition) is 1. The molecule has 24 heavy (non-hydrogen) atoms. The molecule has 1 N–H and O–H groups in total. The number of nitrogens with one attached hydrogen (secondary N) is 1. The van der Waals surface area contributed by atoms with Crippen LogP contribution in [0, 0.1) is 11.8 Å². The molecule has 0 saturated carbocycles. The van der Waals surface area contributed by atoms with Gasteiger partial charge in [-0.25, -0.2) is 0 Å². The first-order valence-corrected chi connectivity index (χ1v) is 8.25. The van der Waals surface area contributed by atoms with Crippen molar-refractivity contribution < 1.29 is 0 Å². The predicted molar refractivity (Wildman–Crippen MR) is 100 cm³/mol. The molecular formula is C23H21N. The molecule has 0 radical (unpaired) electrons. The van der Waals surface area contributed by atoms with Gasteiger partial charge in [-0.1, -0.05) is 90.7 Å². The highest BCUT2D eigenvalue weighted by Gasteiger charge is 2.12. The molecule has 1 nitrogen and oxygen atoms in total. The molecule has 1 heteroatoms. The van der Waals surface area contributed by atoms with E-state index >= 15 is 0 Å². The summed E-state index contributed by atoms with van der Waals surface area (Å²) in [5.74, 6) is 6.68. The van der Waals surface area contributed by atoms with E-state index in [2.05, 4.69) is 72.6 Å². The van der Waals surface area contributed by atoms with E-state index in [9.17, 15) is 0 Å². The average molecular weight is 311 g/mol. The van der Waals surface area contributed by atoms with Crippen molar-refractivity contribution in [2.75, 3.05) is 0 Å². The zero-order chi connectivity index (χ0) is 16.6. The van der Waals surface area contributed by atoms with Gasteiger partial charge in [-0.2, -0.15) is 0 Å². The highest BCUT2D eigenvalue weighted by molar-refractivity contribution is 5.37. The summed E-state index contributed by atoms with van der Waals surface area (Å²) in [6.45, 7) is 2.18. The highest BCUT2D eigenvalue weighted by Crippen LogP contribution is 2.19. The van der Waals surface area contributed by atoms with Gasteiger partial charge in [-0.15, -0.1) is 0 Å². The second-order valence-electron chi connectivity index (χ2n) is 5.78. The van der Waals surface area contributed by atoms with E-state index in [1.807, 2.05) is 42.5 Å². The van der Waals surface area contributed by atoms with Crippen LogP contribution in [-0.2, 0) is 0 Å². The van der Waals surface area contributed by atoms with Crippen LogP contribution in [0.3, 0.4) is 0 Å². The Balaban J connectivity index is 1.85. The van der Waals surface area contributed by atoms with E-state index in [0.717, 1.165) is 5.56 Å². The molecule has 0 aliphatic carbocycles. The van der Waals surface area contributed by atoms with E-state index in [0.29, 0.717) is 0 Å². The molecule has 3 aromatic carbocycles. The standard InChI is InChI=1S/C23H21N/c1-19(21-13-7-3-8-14-21)24-23(22-15-9-4-10-16-22)18-17-20-11-5-2-6-12-20/h2-16,19,23-24H,1H3/t19-,23?/m0/s1. The first-order chi connectivity index (χ1) is 11.8. The zero-order valence-electron chi connectivity index (χ0n) is 13.8. The molecule has 2 atom stereocenters. The minimum Gasteiger partial charge on any atom is -0.293 e. The predicted octanol–water partition coefficient (Wildman–Crippen LogP) is 5.13. The highest BCUT2D eigenvalue weighted by atomic mass is 14.9. The van der Waals surface area contributed by atoms with E-state index in [1.54, 1.807) is 0 Å². The lowest BCUT2D eigenvalue weighted by Crippen LogP contribution is -2.23. The van der Waals surface area contributed by atoms with Crippen molar-refractivity contribution in [1.29, 1.82) is 0 Å². The molecule has 0 spiro atoms. The van der Waals surface area contributed by atoms with Gasteiger partial charge in [-0.3, -0.25) is 5.32 Å². The summed E-state index contributed by atoms with van der Waals surface area (Å²) in [7, 11) is 0. The summed E-state index contributed by atoms with van der Waals surface area (Å²) < 4.78 is 0. The smallest absolute Gasteiger partial charge is 0.0954 e. The number of benzene rings is 3. The molecule has 0 aliphatic rings. The summed E-state index contributed by atoms with van der Waals surface area (Å²) in [6, 6.07) is 31.2. The van der Waals surface area contributed by atoms with Crippen molar-refractivity contribution in [2.45, 2.75) is 19.0 Å². The monoisotopic (exact) mass is 311 g/mol. The molecule has 3 rings (SSSR count). The summed E-state index contributed by atoms with van der Waals surface area (Å²) in [5, 5.41) is 3.65. The lowest BCUT2D eigenvalue weighted by Gasteiger charge is -2.20. The van der Waals surface area contributed by atoms with Gasteiger partial charge in [0.1, 0.15) is 0 Å². The van der Waals surface area contributed by atoms with Crippen molar-refractivity contribution in [2.24, 2.45) is 0 Å². The fourth-order valence-corrected chi connectivity index (χ4v) is 2.63. The summed E-state index contributed by atoms with van der Waals surface area (Å²) >= 11 is 0. The van der Waals surface area contributed by atoms with Gasteiger partial charge >= 0.3 is 0 Å². The van der Waals surface area contributed by atoms with Gasteiger partial charge in [0, 0.05) is 11.6 Å². The van der Waals surface area contributed by atoms with Gasteiger partial charge in [0.15, 0.2) is 0 Å². The molecule has 0 amide bonds. The van der Waals surface area contributed by atoms with Crippen LogP contribution < -0.4 is 5.32 Å². The number of hydrogen-bond acceptors (Lipinski definition) is 1. The SMILES string of the molecule is C[C@H](NC(C#Cc1ccccc1)c1ccccc1)c1ccccc1. The van der Waals surface area contributed by atoms with Gasteiger partial charge < -0.3 is 0 Å². The molecule has 0 heterocycles. The largest absolute Gasteiger partial charge is 0.293 e. The first kappa shape index (κ1) is 16.1. The Labute approximate surface area is 144 Å². The van der Waals surface area contributed by atoms with Crippen LogP contribution in [0.2, 0.25) is 0 Å². The summed E-state index contributed by atoms with van der Waals surface area (Å²) in [5.41, 5.74) is 3.48. The van der Waals surface area contributed by atoms with Gasteiger partial charge in [0.2, 0.25) is 0 Å². The topological polar surface area (TPSA) is 12.0 Å². The van der Waals surface area contributed by atoms with Gasteiger partial charge in [0.05, 0.1) is 6.04 Å². The Morgan fingerprint density at radius 1 is 0.667 bits per heavy atom. The van der Waals surface area contributed by atoms with Crippen molar-refractivity contribution in [3.8, 4) is 11.8 Å². The number of rotatable bonds is 4. The molecule has 0 saturated heterocycles. The third-order valence-corrected chi connectivity index (χ3v) is 3.98. The van der Waals surface area contributed by atoms with Crippen LogP contribution in [0.5, 0.6) is 0 Å². The van der Waals surface area contributed by atoms with E-state index in [4.69, 9.17) is 0 Å². The van der Waals surface area contributed by atoms with Crippen LogP contribution in [0.1, 0.15) is 35.7 Å². The quantitative estimate of drug-likeness (QED) is 0.659. The lowest BCUT2D eigenvalue weighted by atomic mass is 10.0. The van der Waals surface area contributed by atoms with Gasteiger partial charge in [-0.05, 0) is 30.2 Å². The third kappa shape index (κ3) is 4.35. The molecule has 0 bridgehead atoms. The summed E-state index contributed by atoms with van der Waals surface area (Å²) in [4.78, 5) is 0. The van der Waals surface area contributed by atoms with Crippen LogP contribution >= 0.6 is 0 Å². The Kier molecular flexibility index (Phi) is 5.45. The third-order valence-electron chi connectivity index (χ3n) is 3.98. The van der Waals surface area contributed by atoms with Crippen molar-refractivity contribution in [3.63, 3.8) is 0 Å². The molecule has 0 aromatic heterocycles. The molecule has 118 valence electrons. The summed E-state index contributed by atoms with van der Waals surface area (Å²) in [6.07, 6.45) is 0. The fraction of sp³-hybridized carbons (Fsp3) is 0.130. The van der Waals surface area contributed by atoms with E-state index < -0.39 is 0 Å². The average Bonchev–Trinajstić information content (AvgIpc) is 2.67. The van der Waals surface area contributed by atoms with E-state index in [-0.39, 0.29) is 12.1 Å². The maximum Gasteiger partial charge on any atom is 0.0954 e. The van der Waals surface area contributed by atoms with Gasteiger partial charge in [0.25, 0.3) is 0 Å². The van der Waals surface area contributed by atoms with Crippen LogP contribution in [0.15, 0.2) is 91.0 Å². The molecular weight excluding hydrogens is 290 g/mol. The second-order valence-corrected chi connectivity index (χ2v) is 5.78. The maximum atomic E-state index is 3.65. The van der Waals surface area contributed by atoms with Crippen LogP contribution in [-0.4, -0.2) is 0 Å². The maximum absolute atomic E-state index is 3.65. The normalized spacial score (nSPS) is 12.7. The zero-order valence-corrected chi connectivity index (χ0v) is 13.8. The molecule has 3 aromatic rings. The Morgan fingerprint density at radius 3 is 1.75 bits per heavy atom. The molecule has 1 unspecified atom stereocenters. The lowest BCUT2D eigenvalue weighted by molar-refractivity contribution is 0.536. The first-order valence-electron chi connectivity index (χ1n) is 8.25. The van der Waals surface area contributed by atoms with Crippen LogP contribution in [0.4, 0.5) is 0 Å². The Bertz CT molecular complexity index is 798. The van der Waals surface area contributed by atoms with Crippen molar-refractivity contribution >= 4 is 0 Å². The Morgan fingerprint density at radius 2 is 1.17 bits per heavy atom. The fourth-order valence-electron chi connectivity index (χ4n) is 2.63. The molecule has 0 aliphatic heterocycles. The minimum atomic E-state index is -0.0124. The van der Waals surface area contributed by atoms with Crippen LogP contribution in [0.25, 0.3) is 0 Å². The van der Waals surface area contributed by atoms with E-state index in [1.165, 1.54) is 11.1 Å².